The van der Waals surface area contributed by atoms with Gasteiger partial charge in [0.15, 0.2) is 0 Å². The van der Waals surface area contributed by atoms with Gasteiger partial charge in [-0.2, -0.15) is 4.72 Å². The third-order valence-corrected chi connectivity index (χ3v) is 5.39. The van der Waals surface area contributed by atoms with Crippen LogP contribution >= 0.6 is 23.2 Å². The van der Waals surface area contributed by atoms with E-state index in [1.54, 1.807) is 38.1 Å². The van der Waals surface area contributed by atoms with Crippen molar-refractivity contribution in [2.45, 2.75) is 24.8 Å². The minimum atomic E-state index is -3.86. The Bertz CT molecular complexity index is 852. The number of halogens is 2. The molecule has 2 aromatic rings. The molecule has 0 bridgehead atoms. The van der Waals surface area contributed by atoms with Crippen molar-refractivity contribution in [2.24, 2.45) is 5.92 Å². The molecule has 2 aromatic carbocycles. The van der Waals surface area contributed by atoms with Gasteiger partial charge in [-0.15, -0.1) is 0 Å². The molecule has 0 unspecified atom stereocenters. The number of amides is 1. The highest BCUT2D eigenvalue weighted by molar-refractivity contribution is 7.89. The average Bonchev–Trinajstić information content (AvgIpc) is 2.52. The standard InChI is InChI=1S/C17H18Cl2N2O3S/c1-11(2)16(17(22)20-14-5-3-4-13(19)10-14)21-25(23,24)15-8-6-12(18)7-9-15/h3-11,16,21H,1-2H3,(H,20,22)/t16-/m0/s1. The number of benzene rings is 2. The predicted octanol–water partition coefficient (Wildman–Crippen LogP) is 3.94. The van der Waals surface area contributed by atoms with E-state index < -0.39 is 22.0 Å². The first kappa shape index (κ1) is 19.7. The van der Waals surface area contributed by atoms with Crippen molar-refractivity contribution in [3.05, 3.63) is 58.6 Å². The number of carbonyl (C=O) groups is 1. The summed E-state index contributed by atoms with van der Waals surface area (Å²) in [5, 5.41) is 3.58. The van der Waals surface area contributed by atoms with Gasteiger partial charge < -0.3 is 5.32 Å². The van der Waals surface area contributed by atoms with Gasteiger partial charge >= 0.3 is 0 Å². The van der Waals surface area contributed by atoms with E-state index >= 15 is 0 Å². The molecule has 134 valence electrons. The number of rotatable bonds is 6. The molecule has 5 nitrogen and oxygen atoms in total. The summed E-state index contributed by atoms with van der Waals surface area (Å²) in [6, 6.07) is 11.4. The molecule has 0 aliphatic carbocycles. The highest BCUT2D eigenvalue weighted by Crippen LogP contribution is 2.18. The lowest BCUT2D eigenvalue weighted by Crippen LogP contribution is -2.47. The van der Waals surface area contributed by atoms with Gasteiger partial charge in [0.1, 0.15) is 6.04 Å². The van der Waals surface area contributed by atoms with E-state index in [1.807, 2.05) is 0 Å². The predicted molar refractivity (Wildman–Crippen MR) is 100 cm³/mol. The summed E-state index contributed by atoms with van der Waals surface area (Å²) in [5.41, 5.74) is 0.494. The van der Waals surface area contributed by atoms with Crippen molar-refractivity contribution in [3.8, 4) is 0 Å². The third-order valence-electron chi connectivity index (χ3n) is 3.45. The van der Waals surface area contributed by atoms with Crippen LogP contribution < -0.4 is 10.0 Å². The molecule has 0 aliphatic heterocycles. The fourth-order valence-corrected chi connectivity index (χ4v) is 3.79. The molecule has 8 heteroatoms. The van der Waals surface area contributed by atoms with E-state index in [0.29, 0.717) is 15.7 Å². The van der Waals surface area contributed by atoms with Crippen molar-refractivity contribution in [3.63, 3.8) is 0 Å². The monoisotopic (exact) mass is 400 g/mol. The van der Waals surface area contributed by atoms with Crippen molar-refractivity contribution in [1.29, 1.82) is 0 Å². The Kier molecular flexibility index (Phi) is 6.46. The van der Waals surface area contributed by atoms with Crippen LogP contribution in [0.15, 0.2) is 53.4 Å². The van der Waals surface area contributed by atoms with Crippen LogP contribution in [0.4, 0.5) is 5.69 Å². The van der Waals surface area contributed by atoms with Crippen molar-refractivity contribution in [2.75, 3.05) is 5.32 Å². The fraction of sp³-hybridized carbons (Fsp3) is 0.235. The molecule has 0 spiro atoms. The highest BCUT2D eigenvalue weighted by atomic mass is 35.5. The van der Waals surface area contributed by atoms with Crippen LogP contribution in [-0.4, -0.2) is 20.4 Å². The zero-order valence-corrected chi connectivity index (χ0v) is 16.0. The Labute approximate surface area is 157 Å². The van der Waals surface area contributed by atoms with Gasteiger partial charge in [0.25, 0.3) is 0 Å². The quantitative estimate of drug-likeness (QED) is 0.770. The summed E-state index contributed by atoms with van der Waals surface area (Å²) in [5.74, 6) is -0.726. The minimum Gasteiger partial charge on any atom is -0.325 e. The number of nitrogens with one attached hydrogen (secondary N) is 2. The maximum atomic E-state index is 12.5. The second-order valence-corrected chi connectivity index (χ2v) is 8.38. The van der Waals surface area contributed by atoms with Crippen LogP contribution in [0.2, 0.25) is 10.0 Å². The number of sulfonamides is 1. The molecule has 0 saturated carbocycles. The lowest BCUT2D eigenvalue weighted by atomic mass is 10.0. The summed E-state index contributed by atoms with van der Waals surface area (Å²) < 4.78 is 27.5. The fourth-order valence-electron chi connectivity index (χ4n) is 2.13. The van der Waals surface area contributed by atoms with E-state index in [1.165, 1.54) is 24.3 Å². The van der Waals surface area contributed by atoms with Crippen LogP contribution in [0.3, 0.4) is 0 Å². The average molecular weight is 401 g/mol. The first-order valence-electron chi connectivity index (χ1n) is 7.53. The van der Waals surface area contributed by atoms with Crippen molar-refractivity contribution in [1.82, 2.24) is 4.72 Å². The normalized spacial score (nSPS) is 12.8. The van der Waals surface area contributed by atoms with E-state index in [-0.39, 0.29) is 10.8 Å². The highest BCUT2D eigenvalue weighted by Gasteiger charge is 2.28. The summed E-state index contributed by atoms with van der Waals surface area (Å²) in [7, 11) is -3.86. The number of hydrogen-bond donors (Lipinski definition) is 2. The second kappa shape index (κ2) is 8.19. The summed E-state index contributed by atoms with van der Waals surface area (Å²) in [6.07, 6.45) is 0. The first-order valence-corrected chi connectivity index (χ1v) is 9.77. The zero-order chi connectivity index (χ0) is 18.6. The Hall–Kier alpha value is -1.60. The molecular weight excluding hydrogens is 383 g/mol. The zero-order valence-electron chi connectivity index (χ0n) is 13.7. The van der Waals surface area contributed by atoms with Gasteiger partial charge in [-0.3, -0.25) is 4.79 Å². The molecule has 0 radical (unpaired) electrons. The summed E-state index contributed by atoms with van der Waals surface area (Å²) >= 11 is 11.7. The molecule has 2 rings (SSSR count). The molecule has 1 atom stereocenters. The molecule has 0 aliphatic rings. The largest absolute Gasteiger partial charge is 0.325 e. The second-order valence-electron chi connectivity index (χ2n) is 5.80. The maximum absolute atomic E-state index is 12.5. The molecule has 0 heterocycles. The maximum Gasteiger partial charge on any atom is 0.242 e. The van der Waals surface area contributed by atoms with Crippen molar-refractivity contribution >= 4 is 44.8 Å². The first-order chi connectivity index (χ1) is 11.7. The van der Waals surface area contributed by atoms with E-state index in [0.717, 1.165) is 0 Å². The van der Waals surface area contributed by atoms with Gasteiger partial charge in [0, 0.05) is 15.7 Å². The van der Waals surface area contributed by atoms with E-state index in [4.69, 9.17) is 23.2 Å². The summed E-state index contributed by atoms with van der Waals surface area (Å²) in [4.78, 5) is 12.6. The Morgan fingerprint density at radius 3 is 2.20 bits per heavy atom. The molecular formula is C17H18Cl2N2O3S. The van der Waals surface area contributed by atoms with Crippen LogP contribution in [0, 0.1) is 5.92 Å². The third kappa shape index (κ3) is 5.44. The van der Waals surface area contributed by atoms with Gasteiger partial charge in [-0.1, -0.05) is 43.1 Å². The van der Waals surface area contributed by atoms with Gasteiger partial charge in [-0.05, 0) is 48.4 Å². The van der Waals surface area contributed by atoms with Gasteiger partial charge in [0.2, 0.25) is 15.9 Å². The lowest BCUT2D eigenvalue weighted by molar-refractivity contribution is -0.118. The number of anilines is 1. The topological polar surface area (TPSA) is 75.3 Å². The lowest BCUT2D eigenvalue weighted by Gasteiger charge is -2.21. The van der Waals surface area contributed by atoms with Crippen LogP contribution in [-0.2, 0) is 14.8 Å². The smallest absolute Gasteiger partial charge is 0.242 e. The molecule has 0 aromatic heterocycles. The minimum absolute atomic E-state index is 0.0399. The van der Waals surface area contributed by atoms with Crippen LogP contribution in [0.25, 0.3) is 0 Å². The van der Waals surface area contributed by atoms with Gasteiger partial charge in [0.05, 0.1) is 4.90 Å². The summed E-state index contributed by atoms with van der Waals surface area (Å²) in [6.45, 7) is 3.51. The van der Waals surface area contributed by atoms with Crippen LogP contribution in [0.5, 0.6) is 0 Å². The van der Waals surface area contributed by atoms with E-state index in [9.17, 15) is 13.2 Å². The Morgan fingerprint density at radius 1 is 1.00 bits per heavy atom. The molecule has 2 N–H and O–H groups in total. The van der Waals surface area contributed by atoms with E-state index in [2.05, 4.69) is 10.0 Å². The van der Waals surface area contributed by atoms with Crippen molar-refractivity contribution < 1.29 is 13.2 Å². The van der Waals surface area contributed by atoms with Crippen LogP contribution in [0.1, 0.15) is 13.8 Å². The Morgan fingerprint density at radius 2 is 1.64 bits per heavy atom. The molecule has 25 heavy (non-hydrogen) atoms. The Balaban J connectivity index is 2.19. The molecule has 1 amide bonds. The number of carbonyl (C=O) groups excluding carboxylic acids is 1. The molecule has 0 saturated heterocycles. The van der Waals surface area contributed by atoms with Gasteiger partial charge in [-0.25, -0.2) is 8.42 Å². The molecule has 0 fully saturated rings. The SMILES string of the molecule is CC(C)[C@H](NS(=O)(=O)c1ccc(Cl)cc1)C(=O)Nc1cccc(Cl)c1. The number of hydrogen-bond acceptors (Lipinski definition) is 3.